The zero-order valence-electron chi connectivity index (χ0n) is 22.5. The maximum absolute atomic E-state index is 12.9. The Kier molecular flexibility index (Phi) is 7.19. The Morgan fingerprint density at radius 1 is 1.05 bits per heavy atom. The molecule has 2 aromatic carbocycles. The van der Waals surface area contributed by atoms with Gasteiger partial charge < -0.3 is 20.0 Å². The first-order valence-corrected chi connectivity index (χ1v) is 13.1. The highest BCUT2D eigenvalue weighted by Gasteiger charge is 2.21. The molecule has 4 aromatic rings. The van der Waals surface area contributed by atoms with Crippen molar-refractivity contribution in [1.82, 2.24) is 19.4 Å². The van der Waals surface area contributed by atoms with Crippen molar-refractivity contribution in [2.24, 2.45) is 5.73 Å². The van der Waals surface area contributed by atoms with E-state index in [9.17, 15) is 9.59 Å². The van der Waals surface area contributed by atoms with Crippen LogP contribution in [-0.4, -0.2) is 51.6 Å². The van der Waals surface area contributed by atoms with Gasteiger partial charge in [0.2, 0.25) is 0 Å². The molecule has 1 fully saturated rings. The number of amides is 1. The van der Waals surface area contributed by atoms with Gasteiger partial charge in [0.1, 0.15) is 11.3 Å². The normalized spacial score (nSPS) is 14.4. The first kappa shape index (κ1) is 25.9. The first-order valence-electron chi connectivity index (χ1n) is 13.1. The summed E-state index contributed by atoms with van der Waals surface area (Å²) in [5.41, 5.74) is 13.0. The van der Waals surface area contributed by atoms with Crippen LogP contribution >= 0.6 is 0 Å². The minimum absolute atomic E-state index is 0.0795. The van der Waals surface area contributed by atoms with E-state index in [1.54, 1.807) is 0 Å². The second-order valence-corrected chi connectivity index (χ2v) is 10.5. The summed E-state index contributed by atoms with van der Waals surface area (Å²) >= 11 is 0. The number of benzene rings is 2. The number of fused-ring (bicyclic) bond motifs is 1. The summed E-state index contributed by atoms with van der Waals surface area (Å²) < 4.78 is 7.51. The average molecular weight is 514 g/mol. The van der Waals surface area contributed by atoms with E-state index >= 15 is 0 Å². The highest BCUT2D eigenvalue weighted by molar-refractivity contribution is 6.06. The maximum Gasteiger partial charge on any atom is 0.253 e. The van der Waals surface area contributed by atoms with Crippen molar-refractivity contribution in [3.8, 4) is 11.1 Å². The van der Waals surface area contributed by atoms with E-state index in [-0.39, 0.29) is 11.5 Å². The van der Waals surface area contributed by atoms with Crippen LogP contribution in [-0.2, 0) is 17.8 Å². The van der Waals surface area contributed by atoms with Crippen molar-refractivity contribution in [2.75, 3.05) is 26.3 Å². The van der Waals surface area contributed by atoms with Crippen molar-refractivity contribution in [3.05, 3.63) is 86.6 Å². The number of aromatic amines is 1. The molecule has 0 radical (unpaired) electrons. The minimum atomic E-state index is -0.523. The number of primary amides is 1. The van der Waals surface area contributed by atoms with Crippen LogP contribution in [0.4, 0.5) is 0 Å². The lowest BCUT2D eigenvalue weighted by Crippen LogP contribution is -2.35. The lowest BCUT2D eigenvalue weighted by Gasteiger charge is -2.26. The molecule has 3 heterocycles. The summed E-state index contributed by atoms with van der Waals surface area (Å²) in [7, 11) is 0. The Morgan fingerprint density at radius 3 is 2.39 bits per heavy atom. The van der Waals surface area contributed by atoms with E-state index in [1.165, 1.54) is 5.56 Å². The molecule has 1 aliphatic heterocycles. The molecule has 2 aromatic heterocycles. The van der Waals surface area contributed by atoms with Gasteiger partial charge in [-0.1, -0.05) is 38.1 Å². The fourth-order valence-corrected chi connectivity index (χ4v) is 5.26. The van der Waals surface area contributed by atoms with Gasteiger partial charge in [-0.3, -0.25) is 14.5 Å². The summed E-state index contributed by atoms with van der Waals surface area (Å²) in [6.07, 6.45) is 0. The van der Waals surface area contributed by atoms with Crippen molar-refractivity contribution in [2.45, 2.75) is 46.7 Å². The predicted molar refractivity (Wildman–Crippen MR) is 150 cm³/mol. The third kappa shape index (κ3) is 5.14. The second kappa shape index (κ2) is 10.6. The number of nitrogens with one attached hydrogen (secondary N) is 1. The number of hydrogen-bond donors (Lipinski definition) is 2. The number of morpholine rings is 1. The fourth-order valence-electron chi connectivity index (χ4n) is 5.26. The Balaban J connectivity index is 1.59. The average Bonchev–Trinajstić information content (AvgIpc) is 3.25. The summed E-state index contributed by atoms with van der Waals surface area (Å²) in [6.45, 7) is 12.6. The molecule has 0 spiro atoms. The van der Waals surface area contributed by atoms with Gasteiger partial charge in [0.05, 0.1) is 30.8 Å². The second-order valence-electron chi connectivity index (χ2n) is 10.5. The molecule has 38 heavy (non-hydrogen) atoms. The van der Waals surface area contributed by atoms with Crippen molar-refractivity contribution in [1.29, 1.82) is 0 Å². The molecule has 5 rings (SSSR count). The van der Waals surface area contributed by atoms with Gasteiger partial charge in [0.25, 0.3) is 11.5 Å². The van der Waals surface area contributed by atoms with E-state index < -0.39 is 5.91 Å². The number of imidazole rings is 1. The number of carbonyl (C=O) groups excluding carboxylic acids is 1. The minimum Gasteiger partial charge on any atom is -0.379 e. The first-order chi connectivity index (χ1) is 18.2. The fraction of sp³-hybridized carbons (Fsp3) is 0.367. The van der Waals surface area contributed by atoms with Crippen LogP contribution in [0.5, 0.6) is 0 Å². The topological polar surface area (TPSA) is 106 Å². The number of hydrogen-bond acceptors (Lipinski definition) is 5. The van der Waals surface area contributed by atoms with Gasteiger partial charge in [0, 0.05) is 36.8 Å². The number of aryl methyl sites for hydroxylation is 2. The smallest absolute Gasteiger partial charge is 0.253 e. The molecule has 3 N–H and O–H groups in total. The summed E-state index contributed by atoms with van der Waals surface area (Å²) in [4.78, 5) is 35.6. The van der Waals surface area contributed by atoms with Crippen molar-refractivity contribution in [3.63, 3.8) is 0 Å². The van der Waals surface area contributed by atoms with Gasteiger partial charge in [-0.2, -0.15) is 0 Å². The van der Waals surface area contributed by atoms with E-state index in [0.717, 1.165) is 66.6 Å². The molecule has 1 saturated heterocycles. The number of aromatic nitrogens is 3. The quantitative estimate of drug-likeness (QED) is 0.387. The third-order valence-electron chi connectivity index (χ3n) is 7.27. The lowest BCUT2D eigenvalue weighted by molar-refractivity contribution is 0.0342. The third-order valence-corrected chi connectivity index (χ3v) is 7.27. The van der Waals surface area contributed by atoms with Crippen LogP contribution in [0, 0.1) is 13.8 Å². The Morgan fingerprint density at radius 2 is 1.76 bits per heavy atom. The number of pyridine rings is 1. The number of carbonyl (C=O) groups is 1. The van der Waals surface area contributed by atoms with Gasteiger partial charge in [0.15, 0.2) is 0 Å². The van der Waals surface area contributed by atoms with Gasteiger partial charge in [-0.05, 0) is 54.3 Å². The molecule has 1 aliphatic rings. The van der Waals surface area contributed by atoms with Crippen LogP contribution in [0.15, 0.2) is 47.3 Å². The number of nitrogens with two attached hydrogens (primary N) is 1. The summed E-state index contributed by atoms with van der Waals surface area (Å²) in [5, 5.41) is 0. The van der Waals surface area contributed by atoms with Crippen LogP contribution in [0.25, 0.3) is 22.2 Å². The summed E-state index contributed by atoms with van der Waals surface area (Å²) in [5.74, 6) is 0.362. The van der Waals surface area contributed by atoms with Crippen molar-refractivity contribution < 1.29 is 9.53 Å². The van der Waals surface area contributed by atoms with Gasteiger partial charge in [-0.15, -0.1) is 0 Å². The van der Waals surface area contributed by atoms with Crippen LogP contribution in [0.3, 0.4) is 0 Å². The molecule has 0 bridgehead atoms. The van der Waals surface area contributed by atoms with Gasteiger partial charge in [-0.25, -0.2) is 4.98 Å². The van der Waals surface area contributed by atoms with Crippen LogP contribution < -0.4 is 11.3 Å². The molecule has 0 aliphatic carbocycles. The van der Waals surface area contributed by atoms with Gasteiger partial charge >= 0.3 is 0 Å². The van der Waals surface area contributed by atoms with Crippen LogP contribution in [0.1, 0.15) is 58.3 Å². The molecule has 8 heteroatoms. The number of rotatable bonds is 7. The van der Waals surface area contributed by atoms with E-state index in [0.29, 0.717) is 23.2 Å². The molecular formula is C30H35N5O3. The molecular weight excluding hydrogens is 478 g/mol. The van der Waals surface area contributed by atoms with E-state index in [4.69, 9.17) is 15.5 Å². The number of nitrogens with zero attached hydrogens (tertiary/aromatic N) is 3. The number of ether oxygens (including phenoxy) is 1. The van der Waals surface area contributed by atoms with E-state index in [2.05, 4.69) is 58.6 Å². The zero-order valence-corrected chi connectivity index (χ0v) is 22.5. The van der Waals surface area contributed by atoms with E-state index in [1.807, 2.05) is 26.0 Å². The Hall–Kier alpha value is -3.75. The Bertz CT molecular complexity index is 1540. The Labute approximate surface area is 222 Å². The highest BCUT2D eigenvalue weighted by atomic mass is 16.5. The standard InChI is InChI=1S/C30H35N5O3/c1-18(2)29-33-27-24(28(31)36)14-23(22-7-5-21(6-8-22)16-34-9-11-38-12-10-34)15-26(27)35(29)17-25-19(3)13-20(4)32-30(25)37/h5-8,13-15,18H,9-12,16-17H2,1-4H3,(H2,31,36)(H,32,37). The predicted octanol–water partition coefficient (Wildman–Crippen LogP) is 4.11. The SMILES string of the molecule is Cc1cc(C)c(Cn2c(C(C)C)nc3c(C(N)=O)cc(-c4ccc(CN5CCOCC5)cc4)cc32)c(=O)[nH]1. The summed E-state index contributed by atoms with van der Waals surface area (Å²) in [6, 6.07) is 14.3. The molecule has 1 amide bonds. The molecule has 8 nitrogen and oxygen atoms in total. The molecule has 0 saturated carbocycles. The monoisotopic (exact) mass is 513 g/mol. The largest absolute Gasteiger partial charge is 0.379 e. The molecule has 0 unspecified atom stereocenters. The van der Waals surface area contributed by atoms with Crippen molar-refractivity contribution >= 4 is 16.9 Å². The lowest BCUT2D eigenvalue weighted by atomic mass is 10.00. The molecule has 0 atom stereocenters. The zero-order chi connectivity index (χ0) is 27.0. The molecule has 198 valence electrons. The van der Waals surface area contributed by atoms with Crippen LogP contribution in [0.2, 0.25) is 0 Å². The highest BCUT2D eigenvalue weighted by Crippen LogP contribution is 2.31. The number of H-pyrrole nitrogens is 1. The maximum atomic E-state index is 12.9.